The predicted octanol–water partition coefficient (Wildman–Crippen LogP) is 1.19. The van der Waals surface area contributed by atoms with Crippen LogP contribution < -0.4 is 16.6 Å². The van der Waals surface area contributed by atoms with Gasteiger partial charge in [0.1, 0.15) is 6.33 Å². The summed E-state index contributed by atoms with van der Waals surface area (Å²) in [4.78, 5) is 16.9. The largest absolute Gasteiger partial charge is 0.351 e. The zero-order chi connectivity index (χ0) is 14.8. The normalized spacial score (nSPS) is 25.0. The average Bonchev–Trinajstić information content (AvgIpc) is 3.13. The van der Waals surface area contributed by atoms with Crippen LogP contribution in [0.1, 0.15) is 26.7 Å². The number of nitrogens with one attached hydrogen (secondary N) is 2. The quantitative estimate of drug-likeness (QED) is 0.573. The third-order valence-electron chi connectivity index (χ3n) is 4.27. The lowest BCUT2D eigenvalue weighted by molar-refractivity contribution is 0.434. The monoisotopic (exact) mass is 288 g/mol. The Kier molecular flexibility index (Phi) is 3.70. The number of aromatic nitrogens is 5. The summed E-state index contributed by atoms with van der Waals surface area (Å²) in [6.45, 7) is 4.54. The van der Waals surface area contributed by atoms with Crippen molar-refractivity contribution in [3.63, 3.8) is 0 Å². The zero-order valence-corrected chi connectivity index (χ0v) is 12.2. The van der Waals surface area contributed by atoms with Crippen molar-refractivity contribution in [2.45, 2.75) is 32.7 Å². The Morgan fingerprint density at radius 1 is 1.19 bits per heavy atom. The Balaban J connectivity index is 1.86. The lowest BCUT2D eigenvalue weighted by atomic mass is 9.98. The van der Waals surface area contributed by atoms with Crippen LogP contribution in [-0.2, 0) is 0 Å². The van der Waals surface area contributed by atoms with Crippen molar-refractivity contribution in [2.24, 2.45) is 17.7 Å². The lowest BCUT2D eigenvalue weighted by Crippen LogP contribution is -2.26. The molecule has 1 fully saturated rings. The fraction of sp³-hybridized carbons (Fsp3) is 0.538. The van der Waals surface area contributed by atoms with Gasteiger partial charge in [0.25, 0.3) is 0 Å². The molecule has 0 aliphatic heterocycles. The minimum atomic E-state index is 0.329. The van der Waals surface area contributed by atoms with Crippen LogP contribution in [0.15, 0.2) is 18.7 Å². The molecule has 8 heteroatoms. The highest BCUT2D eigenvalue weighted by atomic mass is 15.4. The standard InChI is InChI=1S/C13H20N8/c1-8-3-4-10(9(8)2)16-11-17-12(20-14)19-13(18-11)21-6-5-15-7-21/h5-10H,3-4,14H2,1-2H3,(H2,16,17,18,19,20). The van der Waals surface area contributed by atoms with Crippen molar-refractivity contribution in [3.05, 3.63) is 18.7 Å². The molecule has 8 nitrogen and oxygen atoms in total. The molecule has 3 unspecified atom stereocenters. The summed E-state index contributed by atoms with van der Waals surface area (Å²) < 4.78 is 1.72. The van der Waals surface area contributed by atoms with Crippen molar-refractivity contribution in [3.8, 4) is 5.95 Å². The smallest absolute Gasteiger partial charge is 0.243 e. The Morgan fingerprint density at radius 3 is 2.62 bits per heavy atom. The second-order valence-electron chi connectivity index (χ2n) is 5.56. The lowest BCUT2D eigenvalue weighted by Gasteiger charge is -2.20. The van der Waals surface area contributed by atoms with Gasteiger partial charge < -0.3 is 5.32 Å². The summed E-state index contributed by atoms with van der Waals surface area (Å²) in [5, 5.41) is 3.41. The molecule has 1 aliphatic carbocycles. The molecule has 0 aromatic carbocycles. The number of hydrogen-bond donors (Lipinski definition) is 3. The number of imidazole rings is 1. The first-order valence-corrected chi connectivity index (χ1v) is 7.15. The maximum absolute atomic E-state index is 5.44. The molecule has 2 aromatic rings. The number of hydrazine groups is 1. The molecule has 1 aliphatic rings. The summed E-state index contributed by atoms with van der Waals surface area (Å²) in [5.74, 6) is 8.09. The summed E-state index contributed by atoms with van der Waals surface area (Å²) >= 11 is 0. The molecule has 3 atom stereocenters. The van der Waals surface area contributed by atoms with E-state index in [0.717, 1.165) is 6.42 Å². The van der Waals surface area contributed by atoms with Gasteiger partial charge >= 0.3 is 0 Å². The first-order chi connectivity index (χ1) is 10.2. The zero-order valence-electron chi connectivity index (χ0n) is 12.2. The van der Waals surface area contributed by atoms with E-state index in [0.29, 0.717) is 35.7 Å². The SMILES string of the molecule is CC1CCC(Nc2nc(NN)nc(-n3ccnc3)n2)C1C. The molecule has 0 saturated heterocycles. The fourth-order valence-corrected chi connectivity index (χ4v) is 2.72. The molecule has 1 saturated carbocycles. The number of nitrogen functional groups attached to an aromatic ring is 1. The maximum Gasteiger partial charge on any atom is 0.243 e. The number of nitrogens with zero attached hydrogens (tertiary/aromatic N) is 5. The molecule has 21 heavy (non-hydrogen) atoms. The third-order valence-corrected chi connectivity index (χ3v) is 4.27. The van der Waals surface area contributed by atoms with Gasteiger partial charge in [0.2, 0.25) is 17.8 Å². The fourth-order valence-electron chi connectivity index (χ4n) is 2.72. The van der Waals surface area contributed by atoms with Crippen molar-refractivity contribution in [1.29, 1.82) is 0 Å². The highest BCUT2D eigenvalue weighted by molar-refractivity contribution is 5.38. The van der Waals surface area contributed by atoms with E-state index < -0.39 is 0 Å². The van der Waals surface area contributed by atoms with E-state index in [-0.39, 0.29) is 0 Å². The predicted molar refractivity (Wildman–Crippen MR) is 79.7 cm³/mol. The number of anilines is 2. The summed E-state index contributed by atoms with van der Waals surface area (Å²) in [6, 6.07) is 0.378. The maximum atomic E-state index is 5.44. The van der Waals surface area contributed by atoms with Crippen LogP contribution in [0.4, 0.5) is 11.9 Å². The van der Waals surface area contributed by atoms with Gasteiger partial charge in [0, 0.05) is 18.4 Å². The Labute approximate surface area is 123 Å². The molecular weight excluding hydrogens is 268 g/mol. The number of rotatable bonds is 4. The van der Waals surface area contributed by atoms with Crippen LogP contribution in [0.2, 0.25) is 0 Å². The van der Waals surface area contributed by atoms with E-state index in [1.807, 2.05) is 0 Å². The van der Waals surface area contributed by atoms with Gasteiger partial charge in [-0.1, -0.05) is 13.8 Å². The van der Waals surface area contributed by atoms with Gasteiger partial charge in [0.15, 0.2) is 0 Å². The van der Waals surface area contributed by atoms with Gasteiger partial charge in [-0.25, -0.2) is 10.8 Å². The first-order valence-electron chi connectivity index (χ1n) is 7.15. The average molecular weight is 288 g/mol. The van der Waals surface area contributed by atoms with Gasteiger partial charge in [-0.2, -0.15) is 15.0 Å². The van der Waals surface area contributed by atoms with Crippen LogP contribution in [-0.4, -0.2) is 30.5 Å². The van der Waals surface area contributed by atoms with E-state index in [4.69, 9.17) is 5.84 Å². The van der Waals surface area contributed by atoms with Crippen molar-refractivity contribution in [1.82, 2.24) is 24.5 Å². The van der Waals surface area contributed by atoms with Gasteiger partial charge in [0.05, 0.1) is 0 Å². The molecule has 2 heterocycles. The van der Waals surface area contributed by atoms with Crippen molar-refractivity contribution in [2.75, 3.05) is 10.7 Å². The Morgan fingerprint density at radius 2 is 2.00 bits per heavy atom. The molecule has 0 spiro atoms. The van der Waals surface area contributed by atoms with Crippen LogP contribution in [0.5, 0.6) is 0 Å². The van der Waals surface area contributed by atoms with E-state index >= 15 is 0 Å². The molecule has 4 N–H and O–H groups in total. The third kappa shape index (κ3) is 2.80. The summed E-state index contributed by atoms with van der Waals surface area (Å²) in [6.07, 6.45) is 7.44. The van der Waals surface area contributed by atoms with E-state index in [9.17, 15) is 0 Å². The van der Waals surface area contributed by atoms with Crippen molar-refractivity contribution >= 4 is 11.9 Å². The first kappa shape index (κ1) is 13.7. The Bertz CT molecular complexity index is 596. The van der Waals surface area contributed by atoms with Crippen LogP contribution in [0.25, 0.3) is 5.95 Å². The minimum absolute atomic E-state index is 0.329. The van der Waals surface area contributed by atoms with E-state index in [1.165, 1.54) is 6.42 Å². The molecule has 0 amide bonds. The molecule has 2 aromatic heterocycles. The van der Waals surface area contributed by atoms with Crippen LogP contribution >= 0.6 is 0 Å². The molecular formula is C13H20N8. The topological polar surface area (TPSA) is 107 Å². The van der Waals surface area contributed by atoms with E-state index in [1.54, 1.807) is 23.3 Å². The van der Waals surface area contributed by atoms with Crippen molar-refractivity contribution < 1.29 is 0 Å². The summed E-state index contributed by atoms with van der Waals surface area (Å²) in [5.41, 5.74) is 2.48. The molecule has 0 bridgehead atoms. The summed E-state index contributed by atoms with van der Waals surface area (Å²) in [7, 11) is 0. The second-order valence-corrected chi connectivity index (χ2v) is 5.56. The van der Waals surface area contributed by atoms with Crippen LogP contribution in [0, 0.1) is 11.8 Å². The van der Waals surface area contributed by atoms with Gasteiger partial charge in [-0.15, -0.1) is 0 Å². The van der Waals surface area contributed by atoms with E-state index in [2.05, 4.69) is 44.5 Å². The molecule has 3 rings (SSSR count). The minimum Gasteiger partial charge on any atom is -0.351 e. The van der Waals surface area contributed by atoms with Gasteiger partial charge in [-0.3, -0.25) is 9.99 Å². The highest BCUT2D eigenvalue weighted by Gasteiger charge is 2.30. The Hall–Kier alpha value is -2.22. The highest BCUT2D eigenvalue weighted by Crippen LogP contribution is 2.32. The van der Waals surface area contributed by atoms with Gasteiger partial charge in [-0.05, 0) is 24.7 Å². The number of nitrogens with two attached hydrogens (primary N) is 1. The molecule has 0 radical (unpaired) electrons. The second kappa shape index (κ2) is 5.65. The molecule has 112 valence electrons. The van der Waals surface area contributed by atoms with Crippen LogP contribution in [0.3, 0.4) is 0 Å². The number of hydrogen-bond acceptors (Lipinski definition) is 7.